The Morgan fingerprint density at radius 1 is 1.07 bits per heavy atom. The Labute approximate surface area is 167 Å². The molecular weight excluding hydrogens is 399 g/mol. The number of aromatic nitrogens is 1. The number of primary sulfonamides is 1. The Balaban J connectivity index is 1.83. The lowest BCUT2D eigenvalue weighted by molar-refractivity contribution is 0.102. The van der Waals surface area contributed by atoms with E-state index < -0.39 is 10.0 Å². The molecule has 0 saturated heterocycles. The van der Waals surface area contributed by atoms with E-state index in [1.165, 1.54) is 36.0 Å². The van der Waals surface area contributed by atoms with Crippen LogP contribution >= 0.6 is 11.8 Å². The van der Waals surface area contributed by atoms with Gasteiger partial charge in [-0.3, -0.25) is 4.79 Å². The van der Waals surface area contributed by atoms with Gasteiger partial charge in [-0.15, -0.1) is 11.8 Å². The highest BCUT2D eigenvalue weighted by Crippen LogP contribution is 2.25. The van der Waals surface area contributed by atoms with Crippen LogP contribution in [0.15, 0.2) is 64.4 Å². The number of carbonyl (C=O) groups excluding carboxylic acids is 1. The lowest BCUT2D eigenvalue weighted by Crippen LogP contribution is -2.12. The molecule has 0 saturated carbocycles. The summed E-state index contributed by atoms with van der Waals surface area (Å²) in [6, 6.07) is 14.0. The number of thioether (sulfide) groups is 1. The second-order valence-corrected chi connectivity index (χ2v) is 8.94. The molecule has 0 spiro atoms. The number of hydrogen-bond donors (Lipinski definition) is 1. The number of nitrogens with zero attached hydrogens (tertiary/aromatic N) is 1. The summed E-state index contributed by atoms with van der Waals surface area (Å²) < 4.78 is 37.7. The molecular formula is C20H19FN2O3S2. The van der Waals surface area contributed by atoms with Gasteiger partial charge in [0.05, 0.1) is 10.6 Å². The highest BCUT2D eigenvalue weighted by atomic mass is 32.2. The quantitative estimate of drug-likeness (QED) is 0.487. The zero-order valence-electron chi connectivity index (χ0n) is 15.3. The normalized spacial score (nSPS) is 11.6. The van der Waals surface area contributed by atoms with Crippen molar-refractivity contribution in [1.82, 2.24) is 4.57 Å². The van der Waals surface area contributed by atoms with E-state index in [0.29, 0.717) is 5.56 Å². The second kappa shape index (κ2) is 7.90. The lowest BCUT2D eigenvalue weighted by Gasteiger charge is -2.10. The molecule has 0 radical (unpaired) electrons. The smallest absolute Gasteiger partial charge is 0.238 e. The van der Waals surface area contributed by atoms with E-state index in [1.54, 1.807) is 24.3 Å². The summed E-state index contributed by atoms with van der Waals surface area (Å²) in [6.07, 6.45) is 0. The van der Waals surface area contributed by atoms with Crippen molar-refractivity contribution in [2.75, 3.05) is 5.75 Å². The van der Waals surface area contributed by atoms with Crippen LogP contribution in [0.25, 0.3) is 5.69 Å². The predicted molar refractivity (Wildman–Crippen MR) is 108 cm³/mol. The van der Waals surface area contributed by atoms with Gasteiger partial charge in [-0.2, -0.15) is 0 Å². The Morgan fingerprint density at radius 2 is 1.68 bits per heavy atom. The molecule has 1 heterocycles. The standard InChI is InChI=1S/C20H19FN2O3S2/c1-13-11-19(20(24)12-27-17-7-3-15(21)4-8-17)14(2)23(13)16-5-9-18(10-6-16)28(22,25)26/h3-11H,12H2,1-2H3,(H2,22,25,26). The number of aryl methyl sites for hydroxylation is 1. The van der Waals surface area contributed by atoms with E-state index in [1.807, 2.05) is 24.5 Å². The topological polar surface area (TPSA) is 82.2 Å². The molecule has 0 aliphatic rings. The SMILES string of the molecule is Cc1cc(C(=O)CSc2ccc(F)cc2)c(C)n1-c1ccc(S(N)(=O)=O)cc1. The number of nitrogens with two attached hydrogens (primary N) is 1. The highest BCUT2D eigenvalue weighted by molar-refractivity contribution is 8.00. The molecule has 0 aliphatic heterocycles. The summed E-state index contributed by atoms with van der Waals surface area (Å²) in [5, 5.41) is 5.14. The van der Waals surface area contributed by atoms with Gasteiger partial charge in [-0.05, 0) is 68.4 Å². The molecule has 0 amide bonds. The van der Waals surface area contributed by atoms with Crippen LogP contribution in [0.1, 0.15) is 21.7 Å². The maximum Gasteiger partial charge on any atom is 0.238 e. The van der Waals surface area contributed by atoms with Crippen LogP contribution in [-0.4, -0.2) is 24.5 Å². The van der Waals surface area contributed by atoms with Gasteiger partial charge in [0.2, 0.25) is 10.0 Å². The van der Waals surface area contributed by atoms with Crippen molar-refractivity contribution in [1.29, 1.82) is 0 Å². The molecule has 5 nitrogen and oxygen atoms in total. The number of halogens is 1. The largest absolute Gasteiger partial charge is 0.318 e. The van der Waals surface area contributed by atoms with Crippen molar-refractivity contribution in [3.05, 3.63) is 77.4 Å². The van der Waals surface area contributed by atoms with E-state index >= 15 is 0 Å². The molecule has 28 heavy (non-hydrogen) atoms. The first kappa shape index (κ1) is 20.3. The lowest BCUT2D eigenvalue weighted by atomic mass is 10.2. The van der Waals surface area contributed by atoms with Crippen molar-refractivity contribution in [2.45, 2.75) is 23.6 Å². The van der Waals surface area contributed by atoms with E-state index in [4.69, 9.17) is 5.14 Å². The number of ketones is 1. The Bertz CT molecular complexity index is 1120. The average Bonchev–Trinajstić information content (AvgIpc) is 2.95. The van der Waals surface area contributed by atoms with Crippen molar-refractivity contribution in [3.63, 3.8) is 0 Å². The van der Waals surface area contributed by atoms with E-state index in [2.05, 4.69) is 0 Å². The molecule has 8 heteroatoms. The summed E-state index contributed by atoms with van der Waals surface area (Å²) in [5.74, 6) is -0.109. The zero-order chi connectivity index (χ0) is 20.5. The van der Waals surface area contributed by atoms with Crippen molar-refractivity contribution in [3.8, 4) is 5.69 Å². The van der Waals surface area contributed by atoms with Crippen LogP contribution in [0.3, 0.4) is 0 Å². The minimum absolute atomic E-state index is 0.0326. The minimum Gasteiger partial charge on any atom is -0.318 e. The van der Waals surface area contributed by atoms with E-state index in [9.17, 15) is 17.6 Å². The van der Waals surface area contributed by atoms with E-state index in [-0.39, 0.29) is 22.2 Å². The first-order valence-electron chi connectivity index (χ1n) is 8.40. The number of hydrogen-bond acceptors (Lipinski definition) is 4. The van der Waals surface area contributed by atoms with Gasteiger partial charge in [0, 0.05) is 27.5 Å². The summed E-state index contributed by atoms with van der Waals surface area (Å²) in [7, 11) is -3.76. The van der Waals surface area contributed by atoms with Gasteiger partial charge in [0.1, 0.15) is 5.82 Å². The zero-order valence-corrected chi connectivity index (χ0v) is 17.0. The maximum absolute atomic E-state index is 13.0. The van der Waals surface area contributed by atoms with Crippen LogP contribution in [0.5, 0.6) is 0 Å². The molecule has 2 N–H and O–H groups in total. The monoisotopic (exact) mass is 418 g/mol. The number of benzene rings is 2. The molecule has 0 unspecified atom stereocenters. The van der Waals surface area contributed by atoms with Crippen LogP contribution in [-0.2, 0) is 10.0 Å². The fourth-order valence-electron chi connectivity index (χ4n) is 2.98. The number of rotatable bonds is 6. The molecule has 0 fully saturated rings. The first-order chi connectivity index (χ1) is 13.2. The Morgan fingerprint density at radius 3 is 2.25 bits per heavy atom. The van der Waals surface area contributed by atoms with Crippen molar-refractivity contribution >= 4 is 27.6 Å². The second-order valence-electron chi connectivity index (χ2n) is 6.32. The predicted octanol–water partition coefficient (Wildman–Crippen LogP) is 3.86. The van der Waals surface area contributed by atoms with Gasteiger partial charge in [0.15, 0.2) is 5.78 Å². The van der Waals surface area contributed by atoms with Crippen LogP contribution < -0.4 is 5.14 Å². The van der Waals surface area contributed by atoms with Gasteiger partial charge in [-0.25, -0.2) is 17.9 Å². The fourth-order valence-corrected chi connectivity index (χ4v) is 4.28. The molecule has 0 atom stereocenters. The van der Waals surface area contributed by atoms with Crippen molar-refractivity contribution < 1.29 is 17.6 Å². The fraction of sp³-hybridized carbons (Fsp3) is 0.150. The Hall–Kier alpha value is -2.42. The summed E-state index contributed by atoms with van der Waals surface area (Å²) in [4.78, 5) is 13.5. The van der Waals surface area contributed by atoms with Crippen LogP contribution in [0.4, 0.5) is 4.39 Å². The van der Waals surface area contributed by atoms with Crippen LogP contribution in [0.2, 0.25) is 0 Å². The molecule has 0 bridgehead atoms. The maximum atomic E-state index is 13.0. The number of carbonyl (C=O) groups is 1. The summed E-state index contributed by atoms with van der Waals surface area (Å²) >= 11 is 1.35. The summed E-state index contributed by atoms with van der Waals surface area (Å²) in [5.41, 5.74) is 2.97. The summed E-state index contributed by atoms with van der Waals surface area (Å²) in [6.45, 7) is 3.72. The third kappa shape index (κ3) is 4.35. The third-order valence-electron chi connectivity index (χ3n) is 4.34. The Kier molecular flexibility index (Phi) is 5.74. The number of Topliss-reactive ketones (excluding diaryl/α,β-unsaturated/α-hetero) is 1. The molecule has 3 aromatic rings. The van der Waals surface area contributed by atoms with Gasteiger partial charge in [0.25, 0.3) is 0 Å². The van der Waals surface area contributed by atoms with Crippen LogP contribution in [0, 0.1) is 19.7 Å². The molecule has 3 rings (SSSR count). The highest BCUT2D eigenvalue weighted by Gasteiger charge is 2.17. The van der Waals surface area contributed by atoms with Gasteiger partial charge < -0.3 is 4.57 Å². The van der Waals surface area contributed by atoms with Gasteiger partial charge in [-0.1, -0.05) is 0 Å². The average molecular weight is 419 g/mol. The minimum atomic E-state index is -3.76. The first-order valence-corrected chi connectivity index (χ1v) is 10.9. The van der Waals surface area contributed by atoms with E-state index in [0.717, 1.165) is 22.0 Å². The molecule has 2 aromatic carbocycles. The van der Waals surface area contributed by atoms with Crippen molar-refractivity contribution in [2.24, 2.45) is 5.14 Å². The number of sulfonamides is 1. The third-order valence-corrected chi connectivity index (χ3v) is 6.28. The molecule has 0 aliphatic carbocycles. The van der Waals surface area contributed by atoms with Gasteiger partial charge >= 0.3 is 0 Å². The molecule has 146 valence electrons. The molecule has 1 aromatic heterocycles.